The van der Waals surface area contributed by atoms with Crippen molar-refractivity contribution >= 4 is 23.1 Å². The molecule has 0 saturated heterocycles. The molecule has 0 fully saturated rings. The smallest absolute Gasteiger partial charge is 0.352 e. The van der Waals surface area contributed by atoms with E-state index in [0.29, 0.717) is 12.1 Å². The van der Waals surface area contributed by atoms with Gasteiger partial charge >= 0.3 is 5.97 Å². The highest BCUT2D eigenvalue weighted by molar-refractivity contribution is 7.11. The average molecular weight is 277 g/mol. The number of carbonyl (C=O) groups is 2. The van der Waals surface area contributed by atoms with E-state index in [-0.39, 0.29) is 11.5 Å². The molecule has 2 rings (SSSR count). The van der Waals surface area contributed by atoms with Crippen molar-refractivity contribution in [2.45, 2.75) is 26.8 Å². The van der Waals surface area contributed by atoms with E-state index in [4.69, 9.17) is 5.11 Å². The van der Waals surface area contributed by atoms with Crippen LogP contribution in [-0.2, 0) is 13.0 Å². The largest absolute Gasteiger partial charge is 0.477 e. The van der Waals surface area contributed by atoms with Crippen LogP contribution in [0.15, 0.2) is 24.4 Å². The molecular weight excluding hydrogens is 262 g/mol. The summed E-state index contributed by atoms with van der Waals surface area (Å²) in [4.78, 5) is 24.9. The van der Waals surface area contributed by atoms with Gasteiger partial charge in [0.1, 0.15) is 5.69 Å². The van der Waals surface area contributed by atoms with E-state index in [0.717, 1.165) is 11.3 Å². The van der Waals surface area contributed by atoms with Crippen LogP contribution in [0.2, 0.25) is 0 Å². The monoisotopic (exact) mass is 277 g/mol. The second kappa shape index (κ2) is 5.40. The number of thiophene rings is 1. The van der Waals surface area contributed by atoms with Crippen molar-refractivity contribution in [1.82, 2.24) is 4.57 Å². The molecule has 0 aliphatic heterocycles. The zero-order chi connectivity index (χ0) is 14.0. The molecular formula is C14H15NO3S. The number of nitrogens with zero attached hydrogens (tertiary/aromatic N) is 1. The Balaban J connectivity index is 2.32. The quantitative estimate of drug-likeness (QED) is 0.854. The minimum Gasteiger partial charge on any atom is -0.477 e. The van der Waals surface area contributed by atoms with Crippen molar-refractivity contribution in [2.24, 2.45) is 0 Å². The first-order valence-electron chi connectivity index (χ1n) is 6.03. The summed E-state index contributed by atoms with van der Waals surface area (Å²) in [6, 6.07) is 5.48. The van der Waals surface area contributed by atoms with Crippen LogP contribution in [0.4, 0.5) is 0 Å². The fourth-order valence-electron chi connectivity index (χ4n) is 1.88. The van der Waals surface area contributed by atoms with Gasteiger partial charge in [0.15, 0.2) is 5.78 Å². The maximum Gasteiger partial charge on any atom is 0.352 e. The maximum atomic E-state index is 11.3. The number of carboxylic acid groups (broad SMARTS) is 1. The first kappa shape index (κ1) is 13.5. The van der Waals surface area contributed by atoms with Gasteiger partial charge < -0.3 is 9.67 Å². The Morgan fingerprint density at radius 2 is 2.00 bits per heavy atom. The molecule has 2 aromatic heterocycles. The van der Waals surface area contributed by atoms with Crippen molar-refractivity contribution in [3.63, 3.8) is 0 Å². The molecule has 0 bridgehead atoms. The fraction of sp³-hybridized carbons (Fsp3) is 0.286. The van der Waals surface area contributed by atoms with E-state index < -0.39 is 5.97 Å². The lowest BCUT2D eigenvalue weighted by atomic mass is 10.2. The summed E-state index contributed by atoms with van der Waals surface area (Å²) in [5.74, 6) is -1.14. The number of aryl methyl sites for hydroxylation is 1. The SMILES string of the molecule is CCc1ccc(Cn2cc(C(C)=O)cc2C(=O)O)s1. The van der Waals surface area contributed by atoms with Gasteiger partial charge in [0, 0.05) is 21.5 Å². The molecule has 0 spiro atoms. The summed E-state index contributed by atoms with van der Waals surface area (Å²) in [5, 5.41) is 9.16. The van der Waals surface area contributed by atoms with E-state index in [9.17, 15) is 9.59 Å². The van der Waals surface area contributed by atoms with Gasteiger partial charge in [-0.2, -0.15) is 0 Å². The van der Waals surface area contributed by atoms with Gasteiger partial charge in [0.05, 0.1) is 6.54 Å². The standard InChI is InChI=1S/C14H15NO3S/c1-3-11-4-5-12(19-11)8-15-7-10(9(2)16)6-13(15)14(17)18/h4-7H,3,8H2,1-2H3,(H,17,18). The number of hydrogen-bond acceptors (Lipinski definition) is 3. The molecule has 0 aromatic carbocycles. The summed E-state index contributed by atoms with van der Waals surface area (Å²) in [7, 11) is 0. The van der Waals surface area contributed by atoms with E-state index in [2.05, 4.69) is 13.0 Å². The predicted molar refractivity (Wildman–Crippen MR) is 74.2 cm³/mol. The molecule has 0 aliphatic rings. The van der Waals surface area contributed by atoms with Crippen molar-refractivity contribution in [3.8, 4) is 0 Å². The number of ketones is 1. The average Bonchev–Trinajstić information content (AvgIpc) is 2.96. The zero-order valence-corrected chi connectivity index (χ0v) is 11.7. The van der Waals surface area contributed by atoms with Gasteiger partial charge in [-0.15, -0.1) is 11.3 Å². The molecule has 0 saturated carbocycles. The first-order chi connectivity index (χ1) is 9.01. The third-order valence-corrected chi connectivity index (χ3v) is 4.13. The number of aromatic nitrogens is 1. The van der Waals surface area contributed by atoms with Crippen molar-refractivity contribution < 1.29 is 14.7 Å². The molecule has 2 heterocycles. The lowest BCUT2D eigenvalue weighted by Crippen LogP contribution is -2.07. The van der Waals surface area contributed by atoms with Gasteiger partial charge in [0.25, 0.3) is 0 Å². The topological polar surface area (TPSA) is 59.3 Å². The van der Waals surface area contributed by atoms with Gasteiger partial charge in [-0.05, 0) is 31.5 Å². The van der Waals surface area contributed by atoms with E-state index >= 15 is 0 Å². The van der Waals surface area contributed by atoms with E-state index in [1.54, 1.807) is 22.1 Å². The lowest BCUT2D eigenvalue weighted by molar-refractivity contribution is 0.0685. The Kier molecular flexibility index (Phi) is 3.85. The van der Waals surface area contributed by atoms with Gasteiger partial charge in [0.2, 0.25) is 0 Å². The van der Waals surface area contributed by atoms with Crippen LogP contribution in [0.1, 0.15) is 44.4 Å². The highest BCUT2D eigenvalue weighted by atomic mass is 32.1. The summed E-state index contributed by atoms with van der Waals surface area (Å²) >= 11 is 1.67. The molecule has 2 aromatic rings. The van der Waals surface area contributed by atoms with Crippen LogP contribution < -0.4 is 0 Å². The van der Waals surface area contributed by atoms with Gasteiger partial charge in [-0.1, -0.05) is 6.92 Å². The molecule has 0 radical (unpaired) electrons. The van der Waals surface area contributed by atoms with Gasteiger partial charge in [-0.25, -0.2) is 4.79 Å². The normalized spacial score (nSPS) is 10.6. The fourth-order valence-corrected chi connectivity index (χ4v) is 2.83. The molecule has 0 amide bonds. The minimum atomic E-state index is -1.01. The Labute approximate surface area is 115 Å². The summed E-state index contributed by atoms with van der Waals surface area (Å²) < 4.78 is 1.62. The lowest BCUT2D eigenvalue weighted by Gasteiger charge is -2.03. The Bertz CT molecular complexity index is 624. The van der Waals surface area contributed by atoms with Crippen LogP contribution in [0.3, 0.4) is 0 Å². The molecule has 19 heavy (non-hydrogen) atoms. The number of aromatic carboxylic acids is 1. The molecule has 4 nitrogen and oxygen atoms in total. The highest BCUT2D eigenvalue weighted by Crippen LogP contribution is 2.20. The second-order valence-corrected chi connectivity index (χ2v) is 5.58. The van der Waals surface area contributed by atoms with E-state index in [1.165, 1.54) is 17.9 Å². The summed E-state index contributed by atoms with van der Waals surface area (Å²) in [5.41, 5.74) is 0.585. The van der Waals surface area contributed by atoms with Crippen LogP contribution in [0.5, 0.6) is 0 Å². The Morgan fingerprint density at radius 3 is 2.53 bits per heavy atom. The third-order valence-electron chi connectivity index (χ3n) is 2.91. The van der Waals surface area contributed by atoms with Crippen molar-refractivity contribution in [1.29, 1.82) is 0 Å². The number of carbonyl (C=O) groups excluding carboxylic acids is 1. The number of Topliss-reactive ketones (excluding diaryl/α,β-unsaturated/α-hetero) is 1. The molecule has 0 atom stereocenters. The van der Waals surface area contributed by atoms with Crippen LogP contribution in [0.25, 0.3) is 0 Å². The Morgan fingerprint density at radius 1 is 1.32 bits per heavy atom. The maximum absolute atomic E-state index is 11.3. The molecule has 1 N–H and O–H groups in total. The number of carboxylic acids is 1. The van der Waals surface area contributed by atoms with Crippen LogP contribution in [0, 0.1) is 0 Å². The number of hydrogen-bond donors (Lipinski definition) is 1. The highest BCUT2D eigenvalue weighted by Gasteiger charge is 2.15. The summed E-state index contributed by atoms with van der Waals surface area (Å²) in [6.45, 7) is 4.01. The Hall–Kier alpha value is -1.88. The zero-order valence-electron chi connectivity index (χ0n) is 10.8. The van der Waals surface area contributed by atoms with E-state index in [1.807, 2.05) is 6.07 Å². The summed E-state index contributed by atoms with van der Waals surface area (Å²) in [6.07, 6.45) is 2.58. The second-order valence-electron chi connectivity index (χ2n) is 4.32. The van der Waals surface area contributed by atoms with Crippen molar-refractivity contribution in [3.05, 3.63) is 45.4 Å². The number of rotatable bonds is 5. The third kappa shape index (κ3) is 2.93. The predicted octanol–water partition coefficient (Wildman–Crippen LogP) is 3.06. The molecule has 0 aliphatic carbocycles. The van der Waals surface area contributed by atoms with Gasteiger partial charge in [-0.3, -0.25) is 4.79 Å². The van der Waals surface area contributed by atoms with Crippen molar-refractivity contribution in [2.75, 3.05) is 0 Å². The van der Waals surface area contributed by atoms with Crippen LogP contribution in [-0.4, -0.2) is 21.4 Å². The first-order valence-corrected chi connectivity index (χ1v) is 6.85. The van der Waals surface area contributed by atoms with Crippen LogP contribution >= 0.6 is 11.3 Å². The molecule has 100 valence electrons. The molecule has 5 heteroatoms. The minimum absolute atomic E-state index is 0.123. The molecule has 0 unspecified atom stereocenters.